The summed E-state index contributed by atoms with van der Waals surface area (Å²) in [5, 5.41) is 9.10. The molecule has 0 aliphatic rings. The van der Waals surface area contributed by atoms with Gasteiger partial charge < -0.3 is 0 Å². The molecule has 0 aromatic heterocycles. The van der Waals surface area contributed by atoms with Crippen molar-refractivity contribution in [3.05, 3.63) is 33.8 Å². The average molecular weight is 171 g/mol. The highest BCUT2D eigenvalue weighted by atomic mass is 35.5. The van der Waals surface area contributed by atoms with Crippen LogP contribution in [0.3, 0.4) is 0 Å². The molecule has 0 atom stereocenters. The molecule has 0 heterocycles. The lowest BCUT2D eigenvalue weighted by molar-refractivity contribution is 1.48. The predicted molar refractivity (Wildman–Crippen MR) is 40.0 cm³/mol. The number of halogens is 2. The first kappa shape index (κ1) is 7.40. The van der Waals surface area contributed by atoms with E-state index in [0.717, 1.165) is 0 Å². The molecule has 3 heteroatoms. The zero-order valence-corrected chi connectivity index (χ0v) is 6.37. The standard InChI is InChI=1S/C7H2Cl2N/c8-6-2-1-3-7(9)5(6)4-10/h1-2H. The van der Waals surface area contributed by atoms with Crippen LogP contribution in [-0.4, -0.2) is 0 Å². The lowest BCUT2D eigenvalue weighted by atomic mass is 10.2. The van der Waals surface area contributed by atoms with Crippen molar-refractivity contribution in [1.82, 2.24) is 0 Å². The van der Waals surface area contributed by atoms with E-state index in [1.54, 1.807) is 12.1 Å². The Bertz CT molecular complexity index is 268. The van der Waals surface area contributed by atoms with E-state index in [1.165, 1.54) is 0 Å². The number of nitrogens with zero attached hydrogens (tertiary/aromatic N) is 1. The molecular weight excluding hydrogens is 169 g/mol. The minimum absolute atomic E-state index is 0.273. The van der Waals surface area contributed by atoms with E-state index in [9.17, 15) is 0 Å². The molecule has 1 radical (unpaired) electrons. The molecule has 0 unspecified atom stereocenters. The molecule has 1 aromatic carbocycles. The van der Waals surface area contributed by atoms with Crippen molar-refractivity contribution in [1.29, 1.82) is 5.26 Å². The van der Waals surface area contributed by atoms with E-state index in [-0.39, 0.29) is 10.6 Å². The van der Waals surface area contributed by atoms with Crippen molar-refractivity contribution in [3.63, 3.8) is 0 Å². The third kappa shape index (κ3) is 1.23. The molecule has 1 nitrogen and oxygen atoms in total. The monoisotopic (exact) mass is 170 g/mol. The van der Waals surface area contributed by atoms with E-state index in [2.05, 4.69) is 6.07 Å². The minimum Gasteiger partial charge on any atom is -0.192 e. The summed E-state index contributed by atoms with van der Waals surface area (Å²) in [5.41, 5.74) is 0.283. The molecule has 0 N–H and O–H groups in total. The number of nitriles is 1. The van der Waals surface area contributed by atoms with Crippen molar-refractivity contribution in [3.8, 4) is 6.07 Å². The number of hydrogen-bond acceptors (Lipinski definition) is 1. The normalized spacial score (nSPS) is 8.90. The molecule has 0 amide bonds. The fourth-order valence-corrected chi connectivity index (χ4v) is 1.01. The quantitative estimate of drug-likeness (QED) is 0.588. The lowest BCUT2D eigenvalue weighted by Crippen LogP contribution is -1.77. The number of rotatable bonds is 0. The Kier molecular flexibility index (Phi) is 2.16. The summed E-state index contributed by atoms with van der Waals surface area (Å²) in [4.78, 5) is 0. The van der Waals surface area contributed by atoms with Crippen LogP contribution in [-0.2, 0) is 0 Å². The van der Waals surface area contributed by atoms with Gasteiger partial charge in [-0.15, -0.1) is 0 Å². The van der Waals surface area contributed by atoms with Crippen molar-refractivity contribution in [2.45, 2.75) is 0 Å². The largest absolute Gasteiger partial charge is 0.192 e. The van der Waals surface area contributed by atoms with Crippen LogP contribution in [0.15, 0.2) is 12.1 Å². The molecule has 0 aliphatic heterocycles. The summed E-state index contributed by atoms with van der Waals surface area (Å²) in [5.74, 6) is 0. The van der Waals surface area contributed by atoms with Crippen molar-refractivity contribution >= 4 is 23.2 Å². The molecular formula is C7H2Cl2N. The topological polar surface area (TPSA) is 23.8 Å². The molecule has 0 spiro atoms. The third-order valence-electron chi connectivity index (χ3n) is 1.01. The van der Waals surface area contributed by atoms with Gasteiger partial charge >= 0.3 is 0 Å². The lowest BCUT2D eigenvalue weighted by Gasteiger charge is -1.93. The first-order chi connectivity index (χ1) is 4.75. The van der Waals surface area contributed by atoms with Gasteiger partial charge in [-0.05, 0) is 6.07 Å². The van der Waals surface area contributed by atoms with E-state index in [0.29, 0.717) is 5.02 Å². The van der Waals surface area contributed by atoms with Gasteiger partial charge in [0.1, 0.15) is 6.07 Å². The second-order valence-corrected chi connectivity index (χ2v) is 2.41. The molecule has 1 aromatic rings. The highest BCUT2D eigenvalue weighted by Gasteiger charge is 2.02. The zero-order chi connectivity index (χ0) is 7.56. The first-order valence-electron chi connectivity index (χ1n) is 2.51. The maximum atomic E-state index is 8.46. The Morgan fingerprint density at radius 2 is 2.20 bits per heavy atom. The van der Waals surface area contributed by atoms with E-state index in [1.807, 2.05) is 6.07 Å². The first-order valence-corrected chi connectivity index (χ1v) is 3.27. The highest BCUT2D eigenvalue weighted by molar-refractivity contribution is 6.36. The fraction of sp³-hybridized carbons (Fsp3) is 0. The minimum atomic E-state index is 0.273. The number of benzene rings is 1. The summed E-state index contributed by atoms with van der Waals surface area (Å²) < 4.78 is 0. The molecule has 1 rings (SSSR count). The van der Waals surface area contributed by atoms with Crippen molar-refractivity contribution in [2.75, 3.05) is 0 Å². The van der Waals surface area contributed by atoms with Gasteiger partial charge in [0.25, 0.3) is 0 Å². The van der Waals surface area contributed by atoms with E-state index >= 15 is 0 Å². The van der Waals surface area contributed by atoms with Crippen LogP contribution in [0.1, 0.15) is 5.56 Å². The second kappa shape index (κ2) is 2.92. The van der Waals surface area contributed by atoms with Gasteiger partial charge in [-0.25, -0.2) is 0 Å². The van der Waals surface area contributed by atoms with Gasteiger partial charge in [0, 0.05) is 6.07 Å². The van der Waals surface area contributed by atoms with Gasteiger partial charge in [-0.3, -0.25) is 0 Å². The summed E-state index contributed by atoms with van der Waals surface area (Å²) >= 11 is 11.2. The highest BCUT2D eigenvalue weighted by Crippen LogP contribution is 2.21. The third-order valence-corrected chi connectivity index (χ3v) is 1.62. The summed E-state index contributed by atoms with van der Waals surface area (Å²) in [6.07, 6.45) is 0. The van der Waals surface area contributed by atoms with Gasteiger partial charge in [0.15, 0.2) is 0 Å². The second-order valence-electron chi connectivity index (χ2n) is 1.63. The molecule has 0 fully saturated rings. The Morgan fingerprint density at radius 1 is 1.50 bits per heavy atom. The molecule has 0 saturated carbocycles. The molecule has 10 heavy (non-hydrogen) atoms. The van der Waals surface area contributed by atoms with Crippen molar-refractivity contribution < 1.29 is 0 Å². The van der Waals surface area contributed by atoms with Gasteiger partial charge in [-0.2, -0.15) is 5.26 Å². The van der Waals surface area contributed by atoms with Crippen LogP contribution >= 0.6 is 23.2 Å². The molecule has 0 aliphatic carbocycles. The molecule has 0 bridgehead atoms. The van der Waals surface area contributed by atoms with Crippen LogP contribution in [0.5, 0.6) is 0 Å². The Balaban J connectivity index is 3.34. The van der Waals surface area contributed by atoms with E-state index in [4.69, 9.17) is 28.5 Å². The van der Waals surface area contributed by atoms with Crippen molar-refractivity contribution in [2.24, 2.45) is 0 Å². The van der Waals surface area contributed by atoms with Gasteiger partial charge in [0.05, 0.1) is 15.6 Å². The summed E-state index contributed by atoms with van der Waals surface area (Å²) in [7, 11) is 0. The maximum Gasteiger partial charge on any atom is 0.102 e. The number of hydrogen-bond donors (Lipinski definition) is 0. The van der Waals surface area contributed by atoms with Crippen LogP contribution < -0.4 is 0 Å². The van der Waals surface area contributed by atoms with Crippen LogP contribution in [0.2, 0.25) is 10.0 Å². The summed E-state index contributed by atoms with van der Waals surface area (Å²) in [6.45, 7) is 0. The van der Waals surface area contributed by atoms with Gasteiger partial charge in [0.2, 0.25) is 0 Å². The average Bonchev–Trinajstić information content (AvgIpc) is 1.88. The molecule has 0 saturated heterocycles. The van der Waals surface area contributed by atoms with Gasteiger partial charge in [-0.1, -0.05) is 29.3 Å². The summed E-state index contributed by atoms with van der Waals surface area (Å²) in [6, 6.07) is 7.67. The van der Waals surface area contributed by atoms with Crippen LogP contribution in [0.4, 0.5) is 0 Å². The Morgan fingerprint density at radius 3 is 2.60 bits per heavy atom. The predicted octanol–water partition coefficient (Wildman–Crippen LogP) is 2.67. The fourth-order valence-electron chi connectivity index (χ4n) is 0.551. The Labute approximate surface area is 68.8 Å². The van der Waals surface area contributed by atoms with Crippen LogP contribution in [0.25, 0.3) is 0 Å². The molecule has 49 valence electrons. The van der Waals surface area contributed by atoms with E-state index < -0.39 is 0 Å². The zero-order valence-electron chi connectivity index (χ0n) is 4.86. The van der Waals surface area contributed by atoms with Crippen LogP contribution in [0, 0.1) is 17.4 Å². The smallest absolute Gasteiger partial charge is 0.102 e. The Hall–Kier alpha value is -0.710. The SMILES string of the molecule is N#Cc1c(Cl)[c]ccc1Cl. The maximum absolute atomic E-state index is 8.46.